The summed E-state index contributed by atoms with van der Waals surface area (Å²) in [5, 5.41) is 10.9. The summed E-state index contributed by atoms with van der Waals surface area (Å²) in [5.74, 6) is -0.779. The molecule has 5 nitrogen and oxygen atoms in total. The van der Waals surface area contributed by atoms with Gasteiger partial charge in [0.05, 0.1) is 14.3 Å². The number of hydrogen-bond acceptors (Lipinski definition) is 5. The predicted molar refractivity (Wildman–Crippen MR) is 72.2 cm³/mol. The zero-order valence-corrected chi connectivity index (χ0v) is 12.3. The number of nitrogens with zero attached hydrogens (tertiary/aromatic N) is 2. The number of thiazole rings is 1. The summed E-state index contributed by atoms with van der Waals surface area (Å²) < 4.78 is 19.0. The third-order valence-electron chi connectivity index (χ3n) is 2.09. The zero-order chi connectivity index (χ0) is 14.0. The first-order valence-electron chi connectivity index (χ1n) is 4.84. The lowest BCUT2D eigenvalue weighted by atomic mass is 10.3. The fraction of sp³-hybridized carbons (Fsp3) is 0.100. The number of aromatic nitrogens is 1. The standard InChI is InChI=1S/C10H5BrClFN2O3S/c11-6-1-8(15(16)17)9(2-7(6)13)18-4-5-3-14-10(12)19-5/h1-3H,4H2. The van der Waals surface area contributed by atoms with Crippen LogP contribution < -0.4 is 4.74 Å². The Bertz CT molecular complexity index is 637. The van der Waals surface area contributed by atoms with Crippen molar-refractivity contribution in [2.75, 3.05) is 0 Å². The van der Waals surface area contributed by atoms with Crippen LogP contribution in [0.2, 0.25) is 4.47 Å². The number of benzene rings is 1. The van der Waals surface area contributed by atoms with Crippen molar-refractivity contribution >= 4 is 44.6 Å². The summed E-state index contributed by atoms with van der Waals surface area (Å²) >= 11 is 9.72. The molecule has 0 bridgehead atoms. The van der Waals surface area contributed by atoms with Crippen LogP contribution in [0.25, 0.3) is 0 Å². The van der Waals surface area contributed by atoms with Crippen LogP contribution >= 0.6 is 38.9 Å². The molecule has 2 rings (SSSR count). The van der Waals surface area contributed by atoms with Gasteiger partial charge in [-0.05, 0) is 15.9 Å². The highest BCUT2D eigenvalue weighted by molar-refractivity contribution is 9.10. The second-order valence-electron chi connectivity index (χ2n) is 3.36. The number of nitro benzene ring substituents is 1. The molecule has 0 aliphatic rings. The Hall–Kier alpha value is -1.25. The lowest BCUT2D eigenvalue weighted by Crippen LogP contribution is -1.99. The summed E-state index contributed by atoms with van der Waals surface area (Å²) in [6, 6.07) is 2.02. The number of rotatable bonds is 4. The Labute approximate surface area is 124 Å². The van der Waals surface area contributed by atoms with Gasteiger partial charge in [-0.3, -0.25) is 10.1 Å². The SMILES string of the molecule is O=[N+]([O-])c1cc(Br)c(F)cc1OCc1cnc(Cl)s1. The average molecular weight is 368 g/mol. The first kappa shape index (κ1) is 14.2. The second-order valence-corrected chi connectivity index (χ2v) is 5.91. The summed E-state index contributed by atoms with van der Waals surface area (Å²) in [6.45, 7) is 0.0340. The molecule has 0 amide bonds. The van der Waals surface area contributed by atoms with E-state index < -0.39 is 10.7 Å². The quantitative estimate of drug-likeness (QED) is 0.600. The normalized spacial score (nSPS) is 10.5. The van der Waals surface area contributed by atoms with E-state index in [1.807, 2.05) is 0 Å². The van der Waals surface area contributed by atoms with Crippen molar-refractivity contribution in [3.63, 3.8) is 0 Å². The van der Waals surface area contributed by atoms with Crippen LogP contribution in [0.3, 0.4) is 0 Å². The number of nitro groups is 1. The van der Waals surface area contributed by atoms with Crippen molar-refractivity contribution in [3.8, 4) is 5.75 Å². The van der Waals surface area contributed by atoms with E-state index in [-0.39, 0.29) is 22.5 Å². The molecule has 1 heterocycles. The van der Waals surface area contributed by atoms with E-state index in [2.05, 4.69) is 20.9 Å². The zero-order valence-electron chi connectivity index (χ0n) is 9.10. The van der Waals surface area contributed by atoms with Gasteiger partial charge in [-0.25, -0.2) is 9.37 Å². The Balaban J connectivity index is 2.23. The van der Waals surface area contributed by atoms with E-state index in [1.54, 1.807) is 0 Å². The molecule has 0 fully saturated rings. The van der Waals surface area contributed by atoms with Crippen LogP contribution in [0.5, 0.6) is 5.75 Å². The van der Waals surface area contributed by atoms with Crippen molar-refractivity contribution in [2.24, 2.45) is 0 Å². The van der Waals surface area contributed by atoms with E-state index in [1.165, 1.54) is 17.5 Å². The summed E-state index contributed by atoms with van der Waals surface area (Å²) in [4.78, 5) is 14.7. The van der Waals surface area contributed by atoms with Gasteiger partial charge in [0, 0.05) is 18.3 Å². The third-order valence-corrected chi connectivity index (χ3v) is 3.79. The van der Waals surface area contributed by atoms with Crippen LogP contribution in [0.1, 0.15) is 4.88 Å². The maximum atomic E-state index is 13.4. The fourth-order valence-electron chi connectivity index (χ4n) is 1.28. The van der Waals surface area contributed by atoms with Crippen molar-refractivity contribution in [3.05, 3.63) is 48.1 Å². The molecule has 0 aliphatic heterocycles. The molecule has 19 heavy (non-hydrogen) atoms. The minimum Gasteiger partial charge on any atom is -0.481 e. The topological polar surface area (TPSA) is 65.3 Å². The summed E-state index contributed by atoms with van der Waals surface area (Å²) in [7, 11) is 0. The molecule has 0 saturated heterocycles. The van der Waals surface area contributed by atoms with Gasteiger partial charge in [0.1, 0.15) is 12.4 Å². The Morgan fingerprint density at radius 3 is 2.89 bits per heavy atom. The van der Waals surface area contributed by atoms with E-state index in [0.29, 0.717) is 9.34 Å². The molecular formula is C10H5BrClFN2O3S. The fourth-order valence-corrected chi connectivity index (χ4v) is 2.50. The van der Waals surface area contributed by atoms with Crippen LogP contribution in [0, 0.1) is 15.9 Å². The van der Waals surface area contributed by atoms with Crippen LogP contribution in [0.4, 0.5) is 10.1 Å². The maximum absolute atomic E-state index is 13.4. The van der Waals surface area contributed by atoms with Gasteiger partial charge < -0.3 is 4.74 Å². The van der Waals surface area contributed by atoms with Gasteiger partial charge in [0.2, 0.25) is 0 Å². The Morgan fingerprint density at radius 1 is 1.58 bits per heavy atom. The largest absolute Gasteiger partial charge is 0.481 e. The van der Waals surface area contributed by atoms with Gasteiger partial charge in [0.25, 0.3) is 0 Å². The molecule has 0 atom stereocenters. The van der Waals surface area contributed by atoms with Crippen LogP contribution in [-0.2, 0) is 6.61 Å². The molecule has 0 spiro atoms. The van der Waals surface area contributed by atoms with Gasteiger partial charge in [-0.1, -0.05) is 11.6 Å². The highest BCUT2D eigenvalue weighted by Crippen LogP contribution is 2.33. The minimum absolute atomic E-state index is 0.00684. The lowest BCUT2D eigenvalue weighted by molar-refractivity contribution is -0.386. The molecule has 1 aromatic heterocycles. The third kappa shape index (κ3) is 3.40. The predicted octanol–water partition coefficient (Wildman–Crippen LogP) is 4.19. The Morgan fingerprint density at radius 2 is 2.32 bits per heavy atom. The molecule has 0 unspecified atom stereocenters. The van der Waals surface area contributed by atoms with Crippen molar-refractivity contribution in [1.29, 1.82) is 0 Å². The van der Waals surface area contributed by atoms with Crippen LogP contribution in [0.15, 0.2) is 22.8 Å². The van der Waals surface area contributed by atoms with E-state index in [9.17, 15) is 14.5 Å². The van der Waals surface area contributed by atoms with E-state index in [0.717, 1.165) is 12.1 Å². The first-order chi connectivity index (χ1) is 8.97. The van der Waals surface area contributed by atoms with E-state index >= 15 is 0 Å². The molecule has 0 N–H and O–H groups in total. The molecule has 2 aromatic rings. The van der Waals surface area contributed by atoms with Gasteiger partial charge >= 0.3 is 5.69 Å². The monoisotopic (exact) mass is 366 g/mol. The summed E-state index contributed by atoms with van der Waals surface area (Å²) in [6.07, 6.45) is 1.49. The Kier molecular flexibility index (Phi) is 4.33. The van der Waals surface area contributed by atoms with Crippen LogP contribution in [-0.4, -0.2) is 9.91 Å². The summed E-state index contributed by atoms with van der Waals surface area (Å²) in [5.41, 5.74) is -0.316. The molecular weight excluding hydrogens is 363 g/mol. The smallest absolute Gasteiger partial charge is 0.312 e. The van der Waals surface area contributed by atoms with Crippen molar-refractivity contribution in [2.45, 2.75) is 6.61 Å². The van der Waals surface area contributed by atoms with E-state index in [4.69, 9.17) is 16.3 Å². The molecule has 0 radical (unpaired) electrons. The molecule has 1 aromatic carbocycles. The number of hydrogen-bond donors (Lipinski definition) is 0. The number of ether oxygens (including phenoxy) is 1. The molecule has 100 valence electrons. The minimum atomic E-state index is -0.640. The molecule has 9 heteroatoms. The average Bonchev–Trinajstić information content (AvgIpc) is 2.76. The lowest BCUT2D eigenvalue weighted by Gasteiger charge is -2.06. The van der Waals surface area contributed by atoms with Crippen molar-refractivity contribution in [1.82, 2.24) is 4.98 Å². The first-order valence-corrected chi connectivity index (χ1v) is 6.82. The van der Waals surface area contributed by atoms with Gasteiger partial charge in [-0.15, -0.1) is 11.3 Å². The highest BCUT2D eigenvalue weighted by Gasteiger charge is 2.19. The molecule has 0 aliphatic carbocycles. The second kappa shape index (κ2) is 5.81. The number of halogens is 3. The van der Waals surface area contributed by atoms with Crippen molar-refractivity contribution < 1.29 is 14.1 Å². The maximum Gasteiger partial charge on any atom is 0.312 e. The van der Waals surface area contributed by atoms with Gasteiger partial charge in [-0.2, -0.15) is 0 Å². The highest BCUT2D eigenvalue weighted by atomic mass is 79.9. The molecule has 0 saturated carbocycles. The van der Waals surface area contributed by atoms with Gasteiger partial charge in [0.15, 0.2) is 10.2 Å².